The van der Waals surface area contributed by atoms with E-state index in [2.05, 4.69) is 9.97 Å². The van der Waals surface area contributed by atoms with Crippen LogP contribution in [0, 0.1) is 0 Å². The first-order valence-corrected chi connectivity index (χ1v) is 9.68. The Kier molecular flexibility index (Phi) is 5.05. The van der Waals surface area contributed by atoms with E-state index in [9.17, 15) is 9.90 Å². The maximum absolute atomic E-state index is 13.2. The van der Waals surface area contributed by atoms with Gasteiger partial charge < -0.3 is 19.6 Å². The fourth-order valence-corrected chi connectivity index (χ4v) is 3.70. The molecule has 0 fully saturated rings. The zero-order valence-corrected chi connectivity index (χ0v) is 16.6. The quantitative estimate of drug-likeness (QED) is 0.356. The number of nitrogens with zero attached hydrogens (tertiary/aromatic N) is 1. The number of carbonyl (C=O) groups excluding carboxylic acids is 1. The molecule has 2 heterocycles. The lowest BCUT2D eigenvalue weighted by atomic mass is 10.0. The number of imidazole rings is 1. The molecule has 0 amide bonds. The molecule has 0 spiro atoms. The second kappa shape index (κ2) is 7.81. The molecule has 0 unspecified atom stereocenters. The number of allylic oxidation sites excluding steroid dienone is 1. The van der Waals surface area contributed by atoms with Crippen molar-refractivity contribution in [2.75, 3.05) is 14.2 Å². The Bertz CT molecular complexity index is 1150. The number of ketones is 1. The van der Waals surface area contributed by atoms with E-state index < -0.39 is 0 Å². The van der Waals surface area contributed by atoms with Crippen molar-refractivity contribution in [2.24, 2.45) is 0 Å². The second-order valence-corrected chi connectivity index (χ2v) is 7.19. The zero-order chi connectivity index (χ0) is 20.4. The molecule has 4 aromatic rings. The topological polar surface area (TPSA) is 84.4 Å². The van der Waals surface area contributed by atoms with E-state index in [0.29, 0.717) is 21.8 Å². The second-order valence-electron chi connectivity index (χ2n) is 6.24. The van der Waals surface area contributed by atoms with Crippen LogP contribution >= 0.6 is 11.3 Å². The monoisotopic (exact) mass is 406 g/mol. The molecule has 146 valence electrons. The van der Waals surface area contributed by atoms with Crippen molar-refractivity contribution in [2.45, 2.75) is 0 Å². The van der Waals surface area contributed by atoms with Crippen molar-refractivity contribution in [1.82, 2.24) is 9.97 Å². The molecule has 2 aromatic heterocycles. The van der Waals surface area contributed by atoms with E-state index in [1.165, 1.54) is 25.6 Å². The maximum Gasteiger partial charge on any atom is 0.206 e. The minimum Gasteiger partial charge on any atom is -0.502 e. The van der Waals surface area contributed by atoms with E-state index in [-0.39, 0.29) is 23.0 Å². The molecule has 4 rings (SSSR count). The van der Waals surface area contributed by atoms with Crippen molar-refractivity contribution in [3.63, 3.8) is 0 Å². The molecule has 0 bridgehead atoms. The van der Waals surface area contributed by atoms with E-state index in [4.69, 9.17) is 9.47 Å². The minimum atomic E-state index is -0.148. The molecule has 2 N–H and O–H groups in total. The van der Waals surface area contributed by atoms with E-state index in [0.717, 1.165) is 11.0 Å². The first-order chi connectivity index (χ1) is 14.1. The summed E-state index contributed by atoms with van der Waals surface area (Å²) in [5.41, 5.74) is 2.65. The van der Waals surface area contributed by atoms with Crippen molar-refractivity contribution >= 4 is 39.8 Å². The Morgan fingerprint density at radius 1 is 1.10 bits per heavy atom. The number of para-hydroxylation sites is 2. The summed E-state index contributed by atoms with van der Waals surface area (Å²) in [5.74, 6) is 0.731. The molecular formula is C22H18N2O4S. The Hall–Kier alpha value is -3.58. The number of H-pyrrole nitrogens is 1. The molecule has 2 aromatic carbocycles. The van der Waals surface area contributed by atoms with Gasteiger partial charge in [0.05, 0.1) is 35.7 Å². The normalized spacial score (nSPS) is 11.6. The standard InChI is InChI=1S/C22H18N2O4S/c1-27-17-11-13(12-18(28-2)21(17)26)10-14(20(25)19-8-5-9-29-19)22-23-15-6-3-4-7-16(15)24-22/h3-12,26H,1-2H3,(H,23,24). The van der Waals surface area contributed by atoms with Gasteiger partial charge in [-0.1, -0.05) is 18.2 Å². The minimum absolute atomic E-state index is 0.0954. The molecule has 0 radical (unpaired) electrons. The number of aromatic hydroxyl groups is 1. The number of benzene rings is 2. The molecule has 0 saturated heterocycles. The molecule has 7 heteroatoms. The largest absolute Gasteiger partial charge is 0.502 e. The number of ether oxygens (including phenoxy) is 2. The average molecular weight is 406 g/mol. The molecular weight excluding hydrogens is 388 g/mol. The number of phenols is 1. The highest BCUT2D eigenvalue weighted by molar-refractivity contribution is 7.12. The van der Waals surface area contributed by atoms with Gasteiger partial charge in [0.15, 0.2) is 11.5 Å². The number of phenolic OH excluding ortho intramolecular Hbond substituents is 1. The number of methoxy groups -OCH3 is 2. The Labute approximate surface area is 171 Å². The van der Waals surface area contributed by atoms with Crippen LogP contribution in [0.4, 0.5) is 0 Å². The van der Waals surface area contributed by atoms with E-state index in [1.54, 1.807) is 24.3 Å². The third-order valence-electron chi connectivity index (χ3n) is 4.45. The van der Waals surface area contributed by atoms with Crippen LogP contribution in [-0.2, 0) is 0 Å². The van der Waals surface area contributed by atoms with Crippen LogP contribution in [0.2, 0.25) is 0 Å². The van der Waals surface area contributed by atoms with Crippen LogP contribution in [0.25, 0.3) is 22.7 Å². The van der Waals surface area contributed by atoms with E-state index >= 15 is 0 Å². The van der Waals surface area contributed by atoms with Crippen LogP contribution in [0.1, 0.15) is 21.1 Å². The predicted molar refractivity (Wildman–Crippen MR) is 114 cm³/mol. The summed E-state index contributed by atoms with van der Waals surface area (Å²) in [6.07, 6.45) is 1.71. The van der Waals surface area contributed by atoms with Crippen molar-refractivity contribution in [1.29, 1.82) is 0 Å². The third kappa shape index (κ3) is 3.60. The number of carbonyl (C=O) groups is 1. The molecule has 29 heavy (non-hydrogen) atoms. The summed E-state index contributed by atoms with van der Waals surface area (Å²) in [7, 11) is 2.91. The van der Waals surface area contributed by atoms with Crippen LogP contribution in [0.15, 0.2) is 53.9 Å². The van der Waals surface area contributed by atoms with Gasteiger partial charge in [-0.2, -0.15) is 0 Å². The van der Waals surface area contributed by atoms with Gasteiger partial charge >= 0.3 is 0 Å². The lowest BCUT2D eigenvalue weighted by molar-refractivity contribution is 0.106. The van der Waals surface area contributed by atoms with Gasteiger partial charge in [0.2, 0.25) is 11.5 Å². The van der Waals surface area contributed by atoms with Crippen LogP contribution in [-0.4, -0.2) is 35.1 Å². The van der Waals surface area contributed by atoms with Gasteiger partial charge in [-0.05, 0) is 47.4 Å². The number of Topliss-reactive ketones (excluding diaryl/α,β-unsaturated/α-hetero) is 1. The highest BCUT2D eigenvalue weighted by atomic mass is 32.1. The fraction of sp³-hybridized carbons (Fsp3) is 0.0909. The SMILES string of the molecule is COc1cc(C=C(C(=O)c2cccs2)c2nc3ccccc3[nH]2)cc(OC)c1O. The number of aromatic amines is 1. The number of aromatic nitrogens is 2. The van der Waals surface area contributed by atoms with Crippen molar-refractivity contribution in [3.05, 3.63) is 70.2 Å². The van der Waals surface area contributed by atoms with Crippen molar-refractivity contribution in [3.8, 4) is 17.2 Å². The van der Waals surface area contributed by atoms with Crippen molar-refractivity contribution < 1.29 is 19.4 Å². The molecule has 0 aliphatic carbocycles. The number of thiophene rings is 1. The smallest absolute Gasteiger partial charge is 0.206 e. The maximum atomic E-state index is 13.2. The fourth-order valence-electron chi connectivity index (χ4n) is 3.03. The van der Waals surface area contributed by atoms with Crippen LogP contribution in [0.5, 0.6) is 17.2 Å². The molecule has 0 atom stereocenters. The summed E-state index contributed by atoms with van der Waals surface area (Å²) >= 11 is 1.37. The third-order valence-corrected chi connectivity index (χ3v) is 5.32. The molecule has 0 aliphatic rings. The zero-order valence-electron chi connectivity index (χ0n) is 15.8. The van der Waals surface area contributed by atoms with Crippen LogP contribution in [0.3, 0.4) is 0 Å². The number of rotatable bonds is 6. The molecule has 6 nitrogen and oxygen atoms in total. The number of fused-ring (bicyclic) bond motifs is 1. The van der Waals surface area contributed by atoms with Gasteiger partial charge in [0.1, 0.15) is 5.82 Å². The molecule has 0 saturated carbocycles. The predicted octanol–water partition coefficient (Wildman–Crippen LogP) is 4.77. The Morgan fingerprint density at radius 3 is 2.45 bits per heavy atom. The number of hydrogen-bond donors (Lipinski definition) is 2. The van der Waals surface area contributed by atoms with E-state index in [1.807, 2.05) is 35.7 Å². The summed E-state index contributed by atoms with van der Waals surface area (Å²) in [5, 5.41) is 12.0. The van der Waals surface area contributed by atoms with Crippen LogP contribution < -0.4 is 9.47 Å². The molecule has 0 aliphatic heterocycles. The summed E-state index contributed by atoms with van der Waals surface area (Å²) in [4.78, 5) is 21.7. The number of hydrogen-bond acceptors (Lipinski definition) is 6. The first-order valence-electron chi connectivity index (χ1n) is 8.80. The summed E-state index contributed by atoms with van der Waals surface area (Å²) in [6, 6.07) is 14.5. The van der Waals surface area contributed by atoms with Gasteiger partial charge in [0, 0.05) is 0 Å². The lowest BCUT2D eigenvalue weighted by Crippen LogP contribution is -2.02. The summed E-state index contributed by atoms with van der Waals surface area (Å²) < 4.78 is 10.5. The highest BCUT2D eigenvalue weighted by Crippen LogP contribution is 2.38. The lowest BCUT2D eigenvalue weighted by Gasteiger charge is -2.10. The summed E-state index contributed by atoms with van der Waals surface area (Å²) in [6.45, 7) is 0. The highest BCUT2D eigenvalue weighted by Gasteiger charge is 2.20. The first kappa shape index (κ1) is 18.8. The Balaban J connectivity index is 1.89. The Morgan fingerprint density at radius 2 is 1.83 bits per heavy atom. The van der Waals surface area contributed by atoms with Gasteiger partial charge in [0.25, 0.3) is 0 Å². The van der Waals surface area contributed by atoms with Gasteiger partial charge in [-0.3, -0.25) is 4.79 Å². The van der Waals surface area contributed by atoms with Gasteiger partial charge in [-0.15, -0.1) is 11.3 Å². The van der Waals surface area contributed by atoms with Gasteiger partial charge in [-0.25, -0.2) is 4.98 Å². The average Bonchev–Trinajstić information content (AvgIpc) is 3.42. The number of nitrogens with one attached hydrogen (secondary N) is 1.